The van der Waals surface area contributed by atoms with Gasteiger partial charge in [0.2, 0.25) is 0 Å². The van der Waals surface area contributed by atoms with Crippen LogP contribution in [0.4, 0.5) is 0 Å². The lowest BCUT2D eigenvalue weighted by Crippen LogP contribution is -2.28. The summed E-state index contributed by atoms with van der Waals surface area (Å²) >= 11 is 0. The minimum atomic E-state index is -0.307. The van der Waals surface area contributed by atoms with E-state index in [1.807, 2.05) is 24.3 Å². The van der Waals surface area contributed by atoms with E-state index in [4.69, 9.17) is 4.74 Å². The van der Waals surface area contributed by atoms with E-state index in [1.54, 1.807) is 20.2 Å². The van der Waals surface area contributed by atoms with Crippen LogP contribution in [0.1, 0.15) is 29.7 Å². The fraction of sp³-hybridized carbons (Fsp3) is 0.364. The molecule has 28 heavy (non-hydrogen) atoms. The van der Waals surface area contributed by atoms with E-state index in [2.05, 4.69) is 11.8 Å². The van der Waals surface area contributed by atoms with Crippen LogP contribution in [0.25, 0.3) is 0 Å². The molecule has 146 valence electrons. The molecule has 1 aromatic heterocycles. The third-order valence-corrected chi connectivity index (χ3v) is 4.50. The van der Waals surface area contributed by atoms with Crippen molar-refractivity contribution < 1.29 is 14.6 Å². The molecule has 0 bridgehead atoms. The molecule has 6 nitrogen and oxygen atoms in total. The summed E-state index contributed by atoms with van der Waals surface area (Å²) in [5, 5.41) is 9.67. The first-order valence-corrected chi connectivity index (χ1v) is 9.24. The maximum Gasteiger partial charge on any atom is 0.259 e. The number of aromatic nitrogens is 1. The Hall–Kier alpha value is -3.04. The Bertz CT molecular complexity index is 961. The Morgan fingerprint density at radius 3 is 2.57 bits per heavy atom. The second-order valence-electron chi connectivity index (χ2n) is 7.08. The van der Waals surface area contributed by atoms with Crippen LogP contribution >= 0.6 is 0 Å². The summed E-state index contributed by atoms with van der Waals surface area (Å²) in [6.07, 6.45) is 2.39. The highest BCUT2D eigenvalue weighted by Gasteiger charge is 2.17. The van der Waals surface area contributed by atoms with Crippen LogP contribution in [0, 0.1) is 17.8 Å². The molecule has 0 radical (unpaired) electrons. The molecule has 1 heterocycles. The van der Waals surface area contributed by atoms with Crippen LogP contribution in [-0.2, 0) is 17.9 Å². The van der Waals surface area contributed by atoms with Gasteiger partial charge in [0.1, 0.15) is 5.75 Å². The number of likely N-dealkylation sites (N-methyl/N-ethyl adjacent to an activating group) is 1. The first-order valence-electron chi connectivity index (χ1n) is 9.24. The van der Waals surface area contributed by atoms with E-state index < -0.39 is 0 Å². The van der Waals surface area contributed by atoms with E-state index in [0.717, 1.165) is 11.1 Å². The van der Waals surface area contributed by atoms with Gasteiger partial charge in [-0.2, -0.15) is 0 Å². The van der Waals surface area contributed by atoms with Crippen molar-refractivity contribution in [3.05, 3.63) is 63.6 Å². The summed E-state index contributed by atoms with van der Waals surface area (Å²) in [6, 6.07) is 10.7. The molecule has 1 aliphatic rings. The molecular formula is C22H24N2O4. The number of hydrogen-bond acceptors (Lipinski definition) is 4. The smallest absolute Gasteiger partial charge is 0.259 e. The first kappa shape index (κ1) is 19.7. The topological polar surface area (TPSA) is 71.8 Å². The lowest BCUT2D eigenvalue weighted by atomic mass is 10.1. The Morgan fingerprint density at radius 1 is 1.25 bits per heavy atom. The summed E-state index contributed by atoms with van der Waals surface area (Å²) in [7, 11) is 3.26. The van der Waals surface area contributed by atoms with Crippen molar-refractivity contribution in [3.63, 3.8) is 0 Å². The fourth-order valence-corrected chi connectivity index (χ4v) is 2.58. The molecule has 0 aliphatic heterocycles. The molecule has 6 heteroatoms. The van der Waals surface area contributed by atoms with Crippen molar-refractivity contribution in [2.45, 2.75) is 26.0 Å². The quantitative estimate of drug-likeness (QED) is 0.773. The largest absolute Gasteiger partial charge is 0.483 e. The van der Waals surface area contributed by atoms with E-state index in [-0.39, 0.29) is 30.4 Å². The number of ether oxygens (including phenoxy) is 1. The maximum absolute atomic E-state index is 12.5. The number of amides is 1. The molecule has 1 aliphatic carbocycles. The van der Waals surface area contributed by atoms with E-state index in [1.165, 1.54) is 28.4 Å². The number of benzene rings is 1. The molecule has 0 saturated heterocycles. The van der Waals surface area contributed by atoms with Gasteiger partial charge in [0.15, 0.2) is 6.61 Å². The Labute approximate surface area is 164 Å². The SMILES string of the molecule is CN(C)C(=O)COc1cc(CO)n(Cc2ccc(C#CC3CC3)cc2)c(=O)c1. The highest BCUT2D eigenvalue weighted by molar-refractivity contribution is 5.77. The van der Waals surface area contributed by atoms with Crippen molar-refractivity contribution in [2.24, 2.45) is 5.92 Å². The highest BCUT2D eigenvalue weighted by atomic mass is 16.5. The molecule has 0 spiro atoms. The van der Waals surface area contributed by atoms with Gasteiger partial charge in [-0.1, -0.05) is 24.0 Å². The molecule has 0 atom stereocenters. The number of pyridine rings is 1. The van der Waals surface area contributed by atoms with Gasteiger partial charge >= 0.3 is 0 Å². The van der Waals surface area contributed by atoms with E-state index >= 15 is 0 Å². The number of hydrogen-bond donors (Lipinski definition) is 1. The van der Waals surface area contributed by atoms with Gasteiger partial charge in [0.05, 0.1) is 18.8 Å². The predicted molar refractivity (Wildman–Crippen MR) is 106 cm³/mol. The van der Waals surface area contributed by atoms with Crippen LogP contribution < -0.4 is 10.3 Å². The molecule has 1 fully saturated rings. The summed E-state index contributed by atoms with van der Waals surface area (Å²) in [5.41, 5.74) is 2.03. The maximum atomic E-state index is 12.5. The summed E-state index contributed by atoms with van der Waals surface area (Å²) < 4.78 is 6.89. The zero-order valence-corrected chi connectivity index (χ0v) is 16.1. The summed E-state index contributed by atoms with van der Waals surface area (Å²) in [4.78, 5) is 25.6. The van der Waals surface area contributed by atoms with Crippen LogP contribution in [0.15, 0.2) is 41.2 Å². The van der Waals surface area contributed by atoms with Crippen LogP contribution in [0.2, 0.25) is 0 Å². The highest BCUT2D eigenvalue weighted by Crippen LogP contribution is 2.27. The summed E-state index contributed by atoms with van der Waals surface area (Å²) in [5.74, 6) is 7.00. The molecule has 1 N–H and O–H groups in total. The standard InChI is InChI=1S/C22H24N2O4/c1-23(2)22(27)15-28-20-11-19(14-25)24(21(26)12-20)13-18-9-7-17(8-10-18)6-5-16-3-4-16/h7-12,16,25H,3-4,13-15H2,1-2H3. The predicted octanol–water partition coefficient (Wildman–Crippen LogP) is 1.62. The first-order chi connectivity index (χ1) is 13.5. The average molecular weight is 380 g/mol. The second kappa shape index (κ2) is 8.77. The molecule has 1 aromatic carbocycles. The molecule has 2 aromatic rings. The van der Waals surface area contributed by atoms with Crippen LogP contribution in [0.5, 0.6) is 5.75 Å². The number of aliphatic hydroxyl groups excluding tert-OH is 1. The average Bonchev–Trinajstić information content (AvgIpc) is 3.51. The van der Waals surface area contributed by atoms with Crippen molar-refractivity contribution in [1.82, 2.24) is 9.47 Å². The lowest BCUT2D eigenvalue weighted by molar-refractivity contribution is -0.130. The molecule has 1 saturated carbocycles. The van der Waals surface area contributed by atoms with Gasteiger partial charge in [-0.15, -0.1) is 0 Å². The van der Waals surface area contributed by atoms with Crippen molar-refractivity contribution in [3.8, 4) is 17.6 Å². The second-order valence-corrected chi connectivity index (χ2v) is 7.08. The van der Waals surface area contributed by atoms with Gasteiger partial charge in [0, 0.05) is 37.7 Å². The summed E-state index contributed by atoms with van der Waals surface area (Å²) in [6.45, 7) is -0.133. The lowest BCUT2D eigenvalue weighted by Gasteiger charge is -2.15. The normalized spacial score (nSPS) is 12.8. The number of nitrogens with zero attached hydrogens (tertiary/aromatic N) is 2. The molecule has 0 unspecified atom stereocenters. The fourth-order valence-electron chi connectivity index (χ4n) is 2.58. The van der Waals surface area contributed by atoms with Gasteiger partial charge in [-0.25, -0.2) is 0 Å². The number of carbonyl (C=O) groups is 1. The Balaban J connectivity index is 1.73. The Kier molecular flexibility index (Phi) is 6.17. The van der Waals surface area contributed by atoms with Gasteiger partial charge in [-0.05, 0) is 30.5 Å². The Morgan fingerprint density at radius 2 is 1.96 bits per heavy atom. The van der Waals surface area contributed by atoms with Gasteiger partial charge < -0.3 is 19.3 Å². The minimum Gasteiger partial charge on any atom is -0.483 e. The molecule has 3 rings (SSSR count). The van der Waals surface area contributed by atoms with E-state index in [0.29, 0.717) is 18.2 Å². The van der Waals surface area contributed by atoms with Crippen LogP contribution in [-0.4, -0.2) is 41.2 Å². The van der Waals surface area contributed by atoms with Crippen molar-refractivity contribution in [1.29, 1.82) is 0 Å². The van der Waals surface area contributed by atoms with E-state index in [9.17, 15) is 14.7 Å². The number of carbonyl (C=O) groups excluding carboxylic acids is 1. The zero-order valence-electron chi connectivity index (χ0n) is 16.1. The monoisotopic (exact) mass is 380 g/mol. The molecule has 1 amide bonds. The number of rotatable bonds is 6. The van der Waals surface area contributed by atoms with Crippen molar-refractivity contribution >= 4 is 5.91 Å². The van der Waals surface area contributed by atoms with Crippen LogP contribution in [0.3, 0.4) is 0 Å². The van der Waals surface area contributed by atoms with Crippen molar-refractivity contribution in [2.75, 3.05) is 20.7 Å². The third-order valence-electron chi connectivity index (χ3n) is 4.50. The van der Waals surface area contributed by atoms with Gasteiger partial charge in [0.25, 0.3) is 11.5 Å². The zero-order chi connectivity index (χ0) is 20.1. The minimum absolute atomic E-state index is 0.162. The molecular weight excluding hydrogens is 356 g/mol. The van der Waals surface area contributed by atoms with Gasteiger partial charge in [-0.3, -0.25) is 9.59 Å². The third kappa shape index (κ3) is 5.24. The number of aliphatic hydroxyl groups is 1.